The maximum absolute atomic E-state index is 14.1. The summed E-state index contributed by atoms with van der Waals surface area (Å²) in [7, 11) is 0. The lowest BCUT2D eigenvalue weighted by Crippen LogP contribution is -2.53. The van der Waals surface area contributed by atoms with Crippen LogP contribution in [0.3, 0.4) is 0 Å². The molecule has 4 aliphatic heterocycles. The first kappa shape index (κ1) is 22.8. The van der Waals surface area contributed by atoms with E-state index >= 15 is 0 Å². The Hall–Kier alpha value is -4.37. The van der Waals surface area contributed by atoms with Crippen molar-refractivity contribution < 1.29 is 29.0 Å². The summed E-state index contributed by atoms with van der Waals surface area (Å²) in [6.45, 7) is 2.14. The number of nitrogens with zero attached hydrogens (tertiary/aromatic N) is 1. The number of ether oxygens (including phenoxy) is 2. The van der Waals surface area contributed by atoms with Gasteiger partial charge in [0, 0.05) is 17.3 Å². The third-order valence-corrected chi connectivity index (χ3v) is 8.13. The van der Waals surface area contributed by atoms with Crippen molar-refractivity contribution in [2.24, 2.45) is 11.8 Å². The van der Waals surface area contributed by atoms with E-state index in [1.165, 1.54) is 4.90 Å². The minimum atomic E-state index is -1.36. The van der Waals surface area contributed by atoms with Crippen molar-refractivity contribution in [1.29, 1.82) is 0 Å². The van der Waals surface area contributed by atoms with Crippen LogP contribution in [0.25, 0.3) is 0 Å². The van der Waals surface area contributed by atoms with Crippen LogP contribution in [0.4, 0.5) is 5.69 Å². The van der Waals surface area contributed by atoms with Gasteiger partial charge in [0.15, 0.2) is 11.5 Å². The number of amides is 3. The van der Waals surface area contributed by atoms with Gasteiger partial charge in [0.1, 0.15) is 11.3 Å². The molecule has 3 aromatic carbocycles. The van der Waals surface area contributed by atoms with Gasteiger partial charge in [0.2, 0.25) is 24.5 Å². The number of nitrogens with one attached hydrogen (secondary N) is 2. The SMILES string of the molecule is Cc1ccc2c(c1)[C@]1(N[C@@H](Cc3ccc(O)cc3)[C@H]3C(=O)N(Cc4ccc5c(c4)OCO5)C(=O)[C@H]31)C(=O)N2. The number of aryl methyl sites for hydroxylation is 1. The maximum Gasteiger partial charge on any atom is 0.250 e. The summed E-state index contributed by atoms with van der Waals surface area (Å²) in [6.07, 6.45) is 0.411. The van der Waals surface area contributed by atoms with Gasteiger partial charge >= 0.3 is 0 Å². The second-order valence-corrected chi connectivity index (χ2v) is 10.4. The van der Waals surface area contributed by atoms with Gasteiger partial charge in [-0.15, -0.1) is 0 Å². The van der Waals surface area contributed by atoms with Crippen LogP contribution in [-0.2, 0) is 32.9 Å². The van der Waals surface area contributed by atoms with Crippen LogP contribution in [-0.4, -0.2) is 40.6 Å². The van der Waals surface area contributed by atoms with E-state index in [0.717, 1.165) is 16.7 Å². The van der Waals surface area contributed by atoms with E-state index in [1.54, 1.807) is 36.4 Å². The summed E-state index contributed by atoms with van der Waals surface area (Å²) in [4.78, 5) is 43.0. The highest BCUT2D eigenvalue weighted by molar-refractivity contribution is 6.15. The minimum Gasteiger partial charge on any atom is -0.508 e. The van der Waals surface area contributed by atoms with E-state index in [-0.39, 0.29) is 36.8 Å². The van der Waals surface area contributed by atoms with Crippen molar-refractivity contribution in [2.75, 3.05) is 12.1 Å². The van der Waals surface area contributed by atoms with Crippen molar-refractivity contribution in [3.63, 3.8) is 0 Å². The summed E-state index contributed by atoms with van der Waals surface area (Å²) in [6, 6.07) is 17.3. The Morgan fingerprint density at radius 1 is 0.947 bits per heavy atom. The highest BCUT2D eigenvalue weighted by atomic mass is 16.7. The average Bonchev–Trinajstić information content (AvgIpc) is 3.63. The standard InChI is InChI=1S/C29H25N3O6/c1-15-2-8-20-19(10-15)29(28(36)30-20)25-24(21(31-29)11-16-3-6-18(33)7-4-16)26(34)32(27(25)35)13-17-5-9-22-23(12-17)38-14-37-22/h2-10,12,21,24-25,31,33H,11,13-14H2,1H3,(H,30,36)/t21-,24+,25-,29+/m0/s1. The number of fused-ring (bicyclic) bond motifs is 5. The molecule has 0 unspecified atom stereocenters. The van der Waals surface area contributed by atoms with Gasteiger partial charge in [-0.25, -0.2) is 0 Å². The number of carbonyl (C=O) groups is 3. The molecule has 2 saturated heterocycles. The molecule has 4 atom stereocenters. The third kappa shape index (κ3) is 3.18. The van der Waals surface area contributed by atoms with Crippen LogP contribution in [0.15, 0.2) is 60.7 Å². The highest BCUT2D eigenvalue weighted by Crippen LogP contribution is 2.53. The largest absolute Gasteiger partial charge is 0.508 e. The van der Waals surface area contributed by atoms with Crippen LogP contribution < -0.4 is 20.1 Å². The van der Waals surface area contributed by atoms with Gasteiger partial charge in [-0.05, 0) is 54.8 Å². The van der Waals surface area contributed by atoms with Crippen LogP contribution in [0.5, 0.6) is 17.2 Å². The Bertz CT molecular complexity index is 1520. The van der Waals surface area contributed by atoms with E-state index in [2.05, 4.69) is 10.6 Å². The van der Waals surface area contributed by atoms with E-state index in [0.29, 0.717) is 29.2 Å². The number of phenolic OH excluding ortho intramolecular Hbond substituents is 1. The number of carbonyl (C=O) groups excluding carboxylic acids is 3. The second-order valence-electron chi connectivity index (χ2n) is 10.4. The van der Waals surface area contributed by atoms with Crippen molar-refractivity contribution in [3.05, 3.63) is 82.9 Å². The molecule has 38 heavy (non-hydrogen) atoms. The molecule has 4 aliphatic rings. The van der Waals surface area contributed by atoms with Crippen molar-refractivity contribution in [3.8, 4) is 17.2 Å². The van der Waals surface area contributed by atoms with Gasteiger partial charge in [-0.3, -0.25) is 24.6 Å². The monoisotopic (exact) mass is 511 g/mol. The molecule has 7 rings (SSSR count). The zero-order valence-electron chi connectivity index (χ0n) is 20.6. The molecule has 4 heterocycles. The number of aromatic hydroxyl groups is 1. The summed E-state index contributed by atoms with van der Waals surface area (Å²) in [5.41, 5.74) is 2.55. The topological polar surface area (TPSA) is 117 Å². The van der Waals surface area contributed by atoms with Crippen molar-refractivity contribution in [2.45, 2.75) is 31.5 Å². The lowest BCUT2D eigenvalue weighted by molar-refractivity contribution is -0.143. The first-order valence-electron chi connectivity index (χ1n) is 12.6. The van der Waals surface area contributed by atoms with E-state index in [4.69, 9.17) is 9.47 Å². The third-order valence-electron chi connectivity index (χ3n) is 8.13. The van der Waals surface area contributed by atoms with E-state index in [9.17, 15) is 19.5 Å². The molecule has 3 N–H and O–H groups in total. The van der Waals surface area contributed by atoms with Gasteiger partial charge < -0.3 is 19.9 Å². The summed E-state index contributed by atoms with van der Waals surface area (Å²) >= 11 is 0. The molecule has 9 nitrogen and oxygen atoms in total. The van der Waals surface area contributed by atoms with Gasteiger partial charge in [0.25, 0.3) is 0 Å². The zero-order chi connectivity index (χ0) is 26.2. The molecule has 1 spiro atoms. The molecule has 0 radical (unpaired) electrons. The number of benzene rings is 3. The first-order valence-corrected chi connectivity index (χ1v) is 12.6. The fourth-order valence-corrected chi connectivity index (χ4v) is 6.41. The van der Waals surface area contributed by atoms with Crippen LogP contribution >= 0.6 is 0 Å². The second kappa shape index (κ2) is 8.06. The predicted octanol–water partition coefficient (Wildman–Crippen LogP) is 2.59. The van der Waals surface area contributed by atoms with Gasteiger partial charge in [-0.2, -0.15) is 0 Å². The predicted molar refractivity (Wildman–Crippen MR) is 135 cm³/mol. The van der Waals surface area contributed by atoms with Crippen LogP contribution in [0.1, 0.15) is 22.3 Å². The number of hydrogen-bond acceptors (Lipinski definition) is 7. The number of hydrogen-bond donors (Lipinski definition) is 3. The number of phenols is 1. The summed E-state index contributed by atoms with van der Waals surface area (Å²) < 4.78 is 10.9. The minimum absolute atomic E-state index is 0.0750. The highest BCUT2D eigenvalue weighted by Gasteiger charge is 2.70. The Morgan fingerprint density at radius 2 is 1.71 bits per heavy atom. The number of likely N-dealkylation sites (tertiary alicyclic amines) is 1. The fourth-order valence-electron chi connectivity index (χ4n) is 6.41. The number of rotatable bonds is 4. The maximum atomic E-state index is 14.1. The molecule has 0 aromatic heterocycles. The number of imide groups is 1. The molecule has 0 saturated carbocycles. The van der Waals surface area contributed by atoms with E-state index in [1.807, 2.05) is 31.2 Å². The van der Waals surface area contributed by atoms with Crippen molar-refractivity contribution >= 4 is 23.4 Å². The Labute approximate surface area is 218 Å². The molecule has 9 heteroatoms. The fraction of sp³-hybridized carbons (Fsp3) is 0.276. The molecule has 2 fully saturated rings. The quantitative estimate of drug-likeness (QED) is 0.461. The molecule has 0 aliphatic carbocycles. The van der Waals surface area contributed by atoms with Crippen LogP contribution in [0.2, 0.25) is 0 Å². The Kier molecular flexibility index (Phi) is 4.84. The number of anilines is 1. The summed E-state index contributed by atoms with van der Waals surface area (Å²) in [5.74, 6) is -1.29. The molecule has 0 bridgehead atoms. The van der Waals surface area contributed by atoms with Crippen LogP contribution in [0, 0.1) is 18.8 Å². The average molecular weight is 512 g/mol. The van der Waals surface area contributed by atoms with Gasteiger partial charge in [0.05, 0.1) is 18.4 Å². The Morgan fingerprint density at radius 3 is 2.53 bits per heavy atom. The Balaban J connectivity index is 1.30. The molecule has 3 amide bonds. The lowest BCUT2D eigenvalue weighted by atomic mass is 9.76. The lowest BCUT2D eigenvalue weighted by Gasteiger charge is -2.29. The molecular weight excluding hydrogens is 486 g/mol. The van der Waals surface area contributed by atoms with Gasteiger partial charge in [-0.1, -0.05) is 35.9 Å². The smallest absolute Gasteiger partial charge is 0.250 e. The molecule has 3 aromatic rings. The summed E-state index contributed by atoms with van der Waals surface area (Å²) in [5, 5.41) is 16.1. The van der Waals surface area contributed by atoms with Crippen molar-refractivity contribution in [1.82, 2.24) is 10.2 Å². The normalized spacial score (nSPS) is 26.7. The van der Waals surface area contributed by atoms with E-state index < -0.39 is 23.4 Å². The first-order chi connectivity index (χ1) is 18.3. The molecule has 192 valence electrons. The molecular formula is C29H25N3O6. The zero-order valence-corrected chi connectivity index (χ0v) is 20.6.